The summed E-state index contributed by atoms with van der Waals surface area (Å²) in [7, 11) is 1.56. The maximum atomic E-state index is 13.1. The third kappa shape index (κ3) is 3.33. The van der Waals surface area contributed by atoms with Crippen LogP contribution in [-0.4, -0.2) is 7.11 Å². The Balaban J connectivity index is 2.38. The van der Waals surface area contributed by atoms with Gasteiger partial charge >= 0.3 is 0 Å². The van der Waals surface area contributed by atoms with Crippen molar-refractivity contribution in [3.8, 4) is 5.75 Å². The normalized spacial score (nSPS) is 12.3. The number of halogens is 4. The summed E-state index contributed by atoms with van der Waals surface area (Å²) in [5, 5.41) is 0.124. The molecule has 0 radical (unpaired) electrons. The van der Waals surface area contributed by atoms with Crippen molar-refractivity contribution in [2.45, 2.75) is 5.38 Å². The maximum absolute atomic E-state index is 13.1. The molecule has 0 saturated carbocycles. The fraction of sp³-hybridized carbons (Fsp3) is 0.143. The lowest BCUT2D eigenvalue weighted by atomic mass is 10.0. The molecular formula is C14H10Cl2FIO. The van der Waals surface area contributed by atoms with Crippen LogP contribution in [0.2, 0.25) is 5.02 Å². The molecule has 0 heterocycles. The Labute approximate surface area is 134 Å². The topological polar surface area (TPSA) is 9.23 Å². The van der Waals surface area contributed by atoms with Gasteiger partial charge in [0.15, 0.2) is 0 Å². The zero-order valence-electron chi connectivity index (χ0n) is 9.96. The Bertz CT molecular complexity index is 604. The quantitative estimate of drug-likeness (QED) is 0.484. The summed E-state index contributed by atoms with van der Waals surface area (Å²) >= 11 is 14.6. The molecule has 0 saturated heterocycles. The highest BCUT2D eigenvalue weighted by atomic mass is 127. The zero-order valence-corrected chi connectivity index (χ0v) is 13.6. The largest absolute Gasteiger partial charge is 0.495 e. The highest BCUT2D eigenvalue weighted by Gasteiger charge is 2.16. The molecule has 100 valence electrons. The van der Waals surface area contributed by atoms with Crippen molar-refractivity contribution in [1.82, 2.24) is 0 Å². The molecule has 2 aromatic rings. The van der Waals surface area contributed by atoms with Gasteiger partial charge < -0.3 is 4.74 Å². The highest BCUT2D eigenvalue weighted by molar-refractivity contribution is 14.1. The first-order valence-electron chi connectivity index (χ1n) is 5.45. The standard InChI is InChI=1S/C14H10Cl2FIO/c1-19-13-5-2-8(6-11(13)15)14(16)10-4-3-9(17)7-12(10)18/h2-7,14H,1H3. The molecule has 2 rings (SSSR count). The summed E-state index contributed by atoms with van der Waals surface area (Å²) in [5.41, 5.74) is 1.70. The summed E-state index contributed by atoms with van der Waals surface area (Å²) in [6.45, 7) is 0. The van der Waals surface area contributed by atoms with Crippen molar-refractivity contribution in [3.05, 3.63) is 61.9 Å². The van der Waals surface area contributed by atoms with E-state index in [1.165, 1.54) is 12.1 Å². The zero-order chi connectivity index (χ0) is 14.0. The third-order valence-corrected chi connectivity index (χ3v) is 4.42. The molecule has 0 aliphatic rings. The van der Waals surface area contributed by atoms with E-state index < -0.39 is 0 Å². The number of hydrogen-bond acceptors (Lipinski definition) is 1. The van der Waals surface area contributed by atoms with Crippen molar-refractivity contribution < 1.29 is 9.13 Å². The Morgan fingerprint density at radius 3 is 2.53 bits per heavy atom. The van der Waals surface area contributed by atoms with Gasteiger partial charge in [0.2, 0.25) is 0 Å². The summed E-state index contributed by atoms with van der Waals surface area (Å²) < 4.78 is 19.0. The molecular weight excluding hydrogens is 401 g/mol. The van der Waals surface area contributed by atoms with E-state index >= 15 is 0 Å². The van der Waals surface area contributed by atoms with Crippen molar-refractivity contribution in [3.63, 3.8) is 0 Å². The molecule has 0 fully saturated rings. The first-order valence-corrected chi connectivity index (χ1v) is 7.34. The van der Waals surface area contributed by atoms with E-state index in [1.807, 2.05) is 6.07 Å². The molecule has 0 bridgehead atoms. The van der Waals surface area contributed by atoms with E-state index in [2.05, 4.69) is 22.6 Å². The predicted molar refractivity (Wildman–Crippen MR) is 84.8 cm³/mol. The molecule has 1 atom stereocenters. The van der Waals surface area contributed by atoms with Crippen LogP contribution >= 0.6 is 45.8 Å². The van der Waals surface area contributed by atoms with Gasteiger partial charge in [0.25, 0.3) is 0 Å². The summed E-state index contributed by atoms with van der Waals surface area (Å²) in [6, 6.07) is 9.92. The molecule has 1 nitrogen and oxygen atoms in total. The van der Waals surface area contributed by atoms with Crippen LogP contribution in [0.4, 0.5) is 4.39 Å². The molecule has 1 unspecified atom stereocenters. The smallest absolute Gasteiger partial charge is 0.137 e. The first-order chi connectivity index (χ1) is 9.02. The average Bonchev–Trinajstić information content (AvgIpc) is 2.38. The van der Waals surface area contributed by atoms with Crippen molar-refractivity contribution >= 4 is 45.8 Å². The maximum Gasteiger partial charge on any atom is 0.137 e. The van der Waals surface area contributed by atoms with Gasteiger partial charge in [-0.15, -0.1) is 11.6 Å². The van der Waals surface area contributed by atoms with Crippen LogP contribution in [0, 0.1) is 9.39 Å². The minimum absolute atomic E-state index is 0.273. The Morgan fingerprint density at radius 1 is 1.21 bits per heavy atom. The van der Waals surface area contributed by atoms with Gasteiger partial charge in [0, 0.05) is 3.57 Å². The molecule has 0 spiro atoms. The lowest BCUT2D eigenvalue weighted by Gasteiger charge is -2.14. The molecule has 0 N–H and O–H groups in total. The lowest BCUT2D eigenvalue weighted by Crippen LogP contribution is -1.97. The van der Waals surface area contributed by atoms with E-state index in [1.54, 1.807) is 25.3 Å². The molecule has 0 aliphatic carbocycles. The minimum atomic E-state index is -0.379. The summed E-state index contributed by atoms with van der Waals surface area (Å²) in [6.07, 6.45) is 0. The monoisotopic (exact) mass is 410 g/mol. The fourth-order valence-corrected chi connectivity index (χ4v) is 3.29. The van der Waals surface area contributed by atoms with E-state index in [4.69, 9.17) is 27.9 Å². The summed E-state index contributed by atoms with van der Waals surface area (Å²) in [5.74, 6) is 0.327. The number of alkyl halides is 1. The van der Waals surface area contributed by atoms with Gasteiger partial charge in [-0.2, -0.15) is 0 Å². The van der Waals surface area contributed by atoms with Crippen LogP contribution < -0.4 is 4.74 Å². The predicted octanol–water partition coefficient (Wildman–Crippen LogP) is 5.42. The van der Waals surface area contributed by atoms with Gasteiger partial charge in [-0.1, -0.05) is 23.7 Å². The van der Waals surface area contributed by atoms with Crippen LogP contribution in [-0.2, 0) is 0 Å². The number of methoxy groups -OCH3 is 1. The molecule has 0 amide bonds. The van der Waals surface area contributed by atoms with Crippen LogP contribution in [0.1, 0.15) is 16.5 Å². The second kappa shape index (κ2) is 6.29. The molecule has 2 aromatic carbocycles. The second-order valence-corrected chi connectivity index (χ2v) is 5.93. The number of rotatable bonds is 3. The number of ether oxygens (including phenoxy) is 1. The SMILES string of the molecule is COc1ccc(C(Cl)c2ccc(F)cc2I)cc1Cl. The number of benzene rings is 2. The molecule has 0 aromatic heterocycles. The second-order valence-electron chi connectivity index (χ2n) is 3.92. The minimum Gasteiger partial charge on any atom is -0.495 e. The highest BCUT2D eigenvalue weighted by Crippen LogP contribution is 2.35. The Hall–Kier alpha value is -0.520. The van der Waals surface area contributed by atoms with Crippen LogP contribution in [0.15, 0.2) is 36.4 Å². The number of hydrogen-bond donors (Lipinski definition) is 0. The Kier molecular flexibility index (Phi) is 4.92. The molecule has 5 heteroatoms. The van der Waals surface area contributed by atoms with Gasteiger partial charge in [0.05, 0.1) is 17.5 Å². The molecule has 19 heavy (non-hydrogen) atoms. The molecule has 0 aliphatic heterocycles. The van der Waals surface area contributed by atoms with Crippen molar-refractivity contribution in [2.75, 3.05) is 7.11 Å². The van der Waals surface area contributed by atoms with E-state index in [0.717, 1.165) is 14.7 Å². The Morgan fingerprint density at radius 2 is 1.95 bits per heavy atom. The first kappa shape index (κ1) is 14.9. The van der Waals surface area contributed by atoms with E-state index in [9.17, 15) is 4.39 Å². The van der Waals surface area contributed by atoms with Crippen LogP contribution in [0.25, 0.3) is 0 Å². The van der Waals surface area contributed by atoms with Gasteiger partial charge in [-0.3, -0.25) is 0 Å². The third-order valence-electron chi connectivity index (χ3n) is 2.70. The van der Waals surface area contributed by atoms with Crippen molar-refractivity contribution in [2.24, 2.45) is 0 Å². The van der Waals surface area contributed by atoms with E-state index in [-0.39, 0.29) is 11.2 Å². The van der Waals surface area contributed by atoms with Gasteiger partial charge in [-0.05, 0) is 58.0 Å². The average molecular weight is 411 g/mol. The van der Waals surface area contributed by atoms with Crippen LogP contribution in [0.5, 0.6) is 5.75 Å². The van der Waals surface area contributed by atoms with Crippen LogP contribution in [0.3, 0.4) is 0 Å². The van der Waals surface area contributed by atoms with Gasteiger partial charge in [0.1, 0.15) is 11.6 Å². The van der Waals surface area contributed by atoms with Gasteiger partial charge in [-0.25, -0.2) is 4.39 Å². The lowest BCUT2D eigenvalue weighted by molar-refractivity contribution is 0.415. The van der Waals surface area contributed by atoms with E-state index in [0.29, 0.717) is 10.8 Å². The summed E-state index contributed by atoms with van der Waals surface area (Å²) in [4.78, 5) is 0. The van der Waals surface area contributed by atoms with Crippen molar-refractivity contribution in [1.29, 1.82) is 0 Å². The fourth-order valence-electron chi connectivity index (χ4n) is 1.73.